The van der Waals surface area contributed by atoms with Gasteiger partial charge in [0.1, 0.15) is 10.1 Å². The molecule has 1 saturated carbocycles. The Hall–Kier alpha value is -2.56. The summed E-state index contributed by atoms with van der Waals surface area (Å²) in [6.07, 6.45) is 1.69. The molecule has 0 radical (unpaired) electrons. The smallest absolute Gasteiger partial charge is 0.230 e. The van der Waals surface area contributed by atoms with Gasteiger partial charge in [-0.25, -0.2) is 0 Å². The Morgan fingerprint density at radius 2 is 1.73 bits per heavy atom. The average Bonchev–Trinajstić information content (AvgIpc) is 3.05. The number of ketones is 1. The molecule has 1 heterocycles. The van der Waals surface area contributed by atoms with Crippen LogP contribution in [0.5, 0.6) is 0 Å². The lowest BCUT2D eigenvalue weighted by Gasteiger charge is -2.07. The Balaban J connectivity index is 1.71. The van der Waals surface area contributed by atoms with Crippen LogP contribution in [0.3, 0.4) is 0 Å². The number of fused-ring (bicyclic) bond motifs is 1. The Bertz CT molecular complexity index is 1170. The number of carbonyl (C=O) groups is 2. The molecular weight excluding hydrogens is 421 g/mol. The number of benzene rings is 2. The normalized spacial score (nSPS) is 19.4. The minimum atomic E-state index is -0.305. The summed E-state index contributed by atoms with van der Waals surface area (Å²) in [6, 6.07) is 14.5. The van der Waals surface area contributed by atoms with Crippen LogP contribution in [0.15, 0.2) is 63.5 Å². The fraction of sp³-hybridized carbons (Fsp3) is 0.250. The van der Waals surface area contributed by atoms with E-state index in [1.165, 1.54) is 0 Å². The van der Waals surface area contributed by atoms with Crippen LogP contribution in [0, 0.1) is 24.2 Å². The standard InChI is InChI=1S/C24H21Cl2NO3/c1-13-8-10-14(11-9-13)21(28)22-20(15-6-4-5-7-17(15)30-22)27-23(29)19-16(12-18(25)26)24(19,2)3/h4-12,16,19H,1-3H3,(H,27,29). The maximum Gasteiger partial charge on any atom is 0.230 e. The van der Waals surface area contributed by atoms with Crippen molar-refractivity contribution in [1.29, 1.82) is 0 Å². The van der Waals surface area contributed by atoms with Crippen molar-refractivity contribution in [2.45, 2.75) is 20.8 Å². The molecular formula is C24H21Cl2NO3. The van der Waals surface area contributed by atoms with Crippen molar-refractivity contribution >= 4 is 51.5 Å². The molecule has 1 amide bonds. The molecule has 4 rings (SSSR count). The van der Waals surface area contributed by atoms with E-state index in [1.54, 1.807) is 24.3 Å². The van der Waals surface area contributed by atoms with Gasteiger partial charge in [-0.2, -0.15) is 0 Å². The maximum absolute atomic E-state index is 13.2. The SMILES string of the molecule is Cc1ccc(C(=O)c2oc3ccccc3c2NC(=O)C2C(C=C(Cl)Cl)C2(C)C)cc1. The first-order valence-corrected chi connectivity index (χ1v) is 10.4. The van der Waals surface area contributed by atoms with Crippen molar-refractivity contribution in [1.82, 2.24) is 0 Å². The molecule has 2 unspecified atom stereocenters. The van der Waals surface area contributed by atoms with Crippen LogP contribution >= 0.6 is 23.2 Å². The predicted molar refractivity (Wildman–Crippen MR) is 120 cm³/mol. The summed E-state index contributed by atoms with van der Waals surface area (Å²) in [4.78, 5) is 26.3. The van der Waals surface area contributed by atoms with E-state index in [0.717, 1.165) is 5.56 Å². The van der Waals surface area contributed by atoms with E-state index >= 15 is 0 Å². The van der Waals surface area contributed by atoms with Crippen LogP contribution in [0.4, 0.5) is 5.69 Å². The van der Waals surface area contributed by atoms with E-state index in [9.17, 15) is 9.59 Å². The summed E-state index contributed by atoms with van der Waals surface area (Å²) in [5.41, 5.74) is 2.20. The van der Waals surface area contributed by atoms with Crippen LogP contribution in [-0.2, 0) is 4.79 Å². The molecule has 6 heteroatoms. The summed E-state index contributed by atoms with van der Waals surface area (Å²) in [5, 5.41) is 3.63. The molecule has 2 aromatic carbocycles. The van der Waals surface area contributed by atoms with Gasteiger partial charge in [-0.3, -0.25) is 9.59 Å². The number of furan rings is 1. The van der Waals surface area contributed by atoms with Gasteiger partial charge in [0.25, 0.3) is 0 Å². The minimum Gasteiger partial charge on any atom is -0.450 e. The average molecular weight is 442 g/mol. The lowest BCUT2D eigenvalue weighted by atomic mass is 10.1. The number of nitrogens with one attached hydrogen (secondary N) is 1. The van der Waals surface area contributed by atoms with Crippen LogP contribution in [0.25, 0.3) is 11.0 Å². The first kappa shape index (κ1) is 20.7. The van der Waals surface area contributed by atoms with Gasteiger partial charge in [-0.05, 0) is 36.5 Å². The monoisotopic (exact) mass is 441 g/mol. The zero-order valence-corrected chi connectivity index (χ0v) is 18.3. The molecule has 0 bridgehead atoms. The number of carbonyl (C=O) groups excluding carboxylic acids is 2. The van der Waals surface area contributed by atoms with Gasteiger partial charge in [-0.15, -0.1) is 0 Å². The molecule has 4 nitrogen and oxygen atoms in total. The van der Waals surface area contributed by atoms with Gasteiger partial charge in [0.2, 0.25) is 11.7 Å². The molecule has 0 spiro atoms. The highest BCUT2D eigenvalue weighted by molar-refractivity contribution is 6.55. The van der Waals surface area contributed by atoms with Gasteiger partial charge in [0.05, 0.1) is 11.6 Å². The Labute approximate surface area is 184 Å². The zero-order chi connectivity index (χ0) is 21.6. The summed E-state index contributed by atoms with van der Waals surface area (Å²) in [7, 11) is 0. The largest absolute Gasteiger partial charge is 0.450 e. The van der Waals surface area contributed by atoms with Crippen LogP contribution in [0.2, 0.25) is 0 Å². The molecule has 1 N–H and O–H groups in total. The number of allylic oxidation sites excluding steroid dienone is 1. The summed E-state index contributed by atoms with van der Waals surface area (Å²) in [6.45, 7) is 5.93. The summed E-state index contributed by atoms with van der Waals surface area (Å²) >= 11 is 11.6. The van der Waals surface area contributed by atoms with Crippen molar-refractivity contribution in [2.24, 2.45) is 17.3 Å². The van der Waals surface area contributed by atoms with E-state index in [-0.39, 0.29) is 39.2 Å². The Morgan fingerprint density at radius 3 is 2.40 bits per heavy atom. The van der Waals surface area contributed by atoms with Crippen molar-refractivity contribution in [3.05, 3.63) is 76.0 Å². The maximum atomic E-state index is 13.2. The third kappa shape index (κ3) is 3.66. The first-order chi connectivity index (χ1) is 14.2. The van der Waals surface area contributed by atoms with Crippen molar-refractivity contribution in [3.8, 4) is 0 Å². The van der Waals surface area contributed by atoms with Gasteiger partial charge >= 0.3 is 0 Å². The second-order valence-corrected chi connectivity index (χ2v) is 9.28. The zero-order valence-electron chi connectivity index (χ0n) is 16.8. The highest BCUT2D eigenvalue weighted by Gasteiger charge is 2.60. The number of hydrogen-bond acceptors (Lipinski definition) is 3. The van der Waals surface area contributed by atoms with E-state index in [2.05, 4.69) is 5.32 Å². The fourth-order valence-corrected chi connectivity index (χ4v) is 4.26. The number of hydrogen-bond donors (Lipinski definition) is 1. The van der Waals surface area contributed by atoms with Crippen molar-refractivity contribution < 1.29 is 14.0 Å². The third-order valence-corrected chi connectivity index (χ3v) is 6.11. The molecule has 1 aromatic heterocycles. The van der Waals surface area contributed by atoms with Gasteiger partial charge < -0.3 is 9.73 Å². The molecule has 0 aliphatic heterocycles. The fourth-order valence-electron chi connectivity index (χ4n) is 3.99. The molecule has 2 atom stereocenters. The lowest BCUT2D eigenvalue weighted by molar-refractivity contribution is -0.118. The number of halogens is 2. The number of aryl methyl sites for hydroxylation is 1. The van der Waals surface area contributed by atoms with Crippen molar-refractivity contribution in [3.63, 3.8) is 0 Å². The van der Waals surface area contributed by atoms with Crippen molar-refractivity contribution in [2.75, 3.05) is 5.32 Å². The number of rotatable bonds is 5. The topological polar surface area (TPSA) is 59.3 Å². The second kappa shape index (κ2) is 7.60. The highest BCUT2D eigenvalue weighted by atomic mass is 35.5. The first-order valence-electron chi connectivity index (χ1n) is 9.66. The Kier molecular flexibility index (Phi) is 5.25. The number of anilines is 1. The van der Waals surface area contributed by atoms with Crippen LogP contribution < -0.4 is 5.32 Å². The minimum absolute atomic E-state index is 0.0723. The molecule has 1 fully saturated rings. The second-order valence-electron chi connectivity index (χ2n) is 8.27. The summed E-state index contributed by atoms with van der Waals surface area (Å²) < 4.78 is 6.02. The molecule has 3 aromatic rings. The van der Waals surface area contributed by atoms with Gasteiger partial charge in [-0.1, -0.05) is 79.0 Å². The number of para-hydroxylation sites is 1. The molecule has 1 aliphatic carbocycles. The predicted octanol–water partition coefficient (Wildman–Crippen LogP) is 6.50. The molecule has 30 heavy (non-hydrogen) atoms. The third-order valence-electron chi connectivity index (χ3n) is 5.86. The molecule has 0 saturated heterocycles. The van der Waals surface area contributed by atoms with E-state index in [1.807, 2.05) is 51.1 Å². The molecule has 1 aliphatic rings. The molecule has 154 valence electrons. The highest BCUT2D eigenvalue weighted by Crippen LogP contribution is 2.60. The van der Waals surface area contributed by atoms with Gasteiger partial charge in [0, 0.05) is 10.9 Å². The van der Waals surface area contributed by atoms with Gasteiger partial charge in [0.15, 0.2) is 5.76 Å². The quantitative estimate of drug-likeness (QED) is 0.459. The number of amides is 1. The van der Waals surface area contributed by atoms with E-state index in [4.69, 9.17) is 27.6 Å². The van der Waals surface area contributed by atoms with E-state index < -0.39 is 0 Å². The van der Waals surface area contributed by atoms with E-state index in [0.29, 0.717) is 22.2 Å². The Morgan fingerprint density at radius 1 is 1.07 bits per heavy atom. The summed E-state index contributed by atoms with van der Waals surface area (Å²) in [5.74, 6) is -0.732. The van der Waals surface area contributed by atoms with Crippen LogP contribution in [-0.4, -0.2) is 11.7 Å². The van der Waals surface area contributed by atoms with Crippen LogP contribution in [0.1, 0.15) is 35.5 Å². The lowest BCUT2D eigenvalue weighted by Crippen LogP contribution is -2.18.